The Balaban J connectivity index is 2.27. The Kier molecular flexibility index (Phi) is 5.02. The van der Waals surface area contributed by atoms with Gasteiger partial charge in [-0.1, -0.05) is 50.7 Å². The summed E-state index contributed by atoms with van der Waals surface area (Å²) in [5.74, 6) is 0. The summed E-state index contributed by atoms with van der Waals surface area (Å²) in [6.45, 7) is 2.01. The molecule has 0 amide bonds. The van der Waals surface area contributed by atoms with Gasteiger partial charge in [0.1, 0.15) is 0 Å². The zero-order valence-corrected chi connectivity index (χ0v) is 13.9. The Hall–Kier alpha value is -0.410. The number of anilines is 1. The van der Waals surface area contributed by atoms with Crippen molar-refractivity contribution in [2.45, 2.75) is 13.0 Å². The molecule has 19 heavy (non-hydrogen) atoms. The fourth-order valence-electron chi connectivity index (χ4n) is 1.77. The zero-order valence-electron chi connectivity index (χ0n) is 10.1. The molecular formula is C14H11BrCl3N. The first-order valence-corrected chi connectivity index (χ1v) is 7.56. The van der Waals surface area contributed by atoms with Crippen LogP contribution in [-0.4, -0.2) is 0 Å². The monoisotopic (exact) mass is 377 g/mol. The molecule has 5 heteroatoms. The lowest BCUT2D eigenvalue weighted by Gasteiger charge is -2.18. The molecule has 0 aromatic heterocycles. The summed E-state index contributed by atoms with van der Waals surface area (Å²) in [5.41, 5.74) is 1.78. The largest absolute Gasteiger partial charge is 0.377 e. The van der Waals surface area contributed by atoms with Gasteiger partial charge in [-0.05, 0) is 48.9 Å². The summed E-state index contributed by atoms with van der Waals surface area (Å²) >= 11 is 21.8. The van der Waals surface area contributed by atoms with E-state index < -0.39 is 0 Å². The van der Waals surface area contributed by atoms with Gasteiger partial charge in [-0.3, -0.25) is 0 Å². The van der Waals surface area contributed by atoms with E-state index in [0.717, 1.165) is 15.7 Å². The molecule has 0 spiro atoms. The fourth-order valence-corrected chi connectivity index (χ4v) is 2.76. The lowest BCUT2D eigenvalue weighted by Crippen LogP contribution is -2.07. The van der Waals surface area contributed by atoms with E-state index in [9.17, 15) is 0 Å². The van der Waals surface area contributed by atoms with Gasteiger partial charge in [0.25, 0.3) is 0 Å². The fraction of sp³-hybridized carbons (Fsp3) is 0.143. The molecule has 1 atom stereocenters. The molecule has 1 unspecified atom stereocenters. The van der Waals surface area contributed by atoms with Gasteiger partial charge >= 0.3 is 0 Å². The predicted octanol–water partition coefficient (Wildman–Crippen LogP) is 6.58. The predicted molar refractivity (Wildman–Crippen MR) is 87.7 cm³/mol. The van der Waals surface area contributed by atoms with E-state index in [0.29, 0.717) is 15.1 Å². The van der Waals surface area contributed by atoms with Crippen molar-refractivity contribution in [3.8, 4) is 0 Å². The van der Waals surface area contributed by atoms with Crippen LogP contribution in [-0.2, 0) is 0 Å². The van der Waals surface area contributed by atoms with Crippen LogP contribution >= 0.6 is 50.7 Å². The van der Waals surface area contributed by atoms with Crippen molar-refractivity contribution in [3.05, 3.63) is 61.5 Å². The summed E-state index contributed by atoms with van der Waals surface area (Å²) in [4.78, 5) is 0. The number of hydrogen-bond acceptors (Lipinski definition) is 1. The van der Waals surface area contributed by atoms with Crippen molar-refractivity contribution in [1.29, 1.82) is 0 Å². The summed E-state index contributed by atoms with van der Waals surface area (Å²) in [6.07, 6.45) is 0. The third-order valence-electron chi connectivity index (χ3n) is 2.72. The molecule has 1 N–H and O–H groups in total. The lowest BCUT2D eigenvalue weighted by atomic mass is 10.1. The van der Waals surface area contributed by atoms with E-state index in [1.807, 2.05) is 31.2 Å². The Morgan fingerprint density at radius 3 is 2.42 bits per heavy atom. The minimum Gasteiger partial charge on any atom is -0.377 e. The van der Waals surface area contributed by atoms with Crippen molar-refractivity contribution >= 4 is 56.4 Å². The third kappa shape index (κ3) is 3.79. The number of benzene rings is 2. The zero-order chi connectivity index (χ0) is 14.0. The second-order valence-electron chi connectivity index (χ2n) is 4.16. The molecule has 0 aliphatic carbocycles. The molecule has 0 fully saturated rings. The topological polar surface area (TPSA) is 12.0 Å². The van der Waals surface area contributed by atoms with Crippen molar-refractivity contribution < 1.29 is 0 Å². The number of rotatable bonds is 3. The smallest absolute Gasteiger partial charge is 0.0638 e. The first kappa shape index (κ1) is 15.0. The second-order valence-corrected chi connectivity index (χ2v) is 6.32. The number of hydrogen-bond donors (Lipinski definition) is 1. The maximum Gasteiger partial charge on any atom is 0.0638 e. The molecule has 0 radical (unpaired) electrons. The first-order chi connectivity index (χ1) is 8.97. The number of halogens is 4. The van der Waals surface area contributed by atoms with Gasteiger partial charge in [-0.2, -0.15) is 0 Å². The van der Waals surface area contributed by atoms with Crippen LogP contribution in [0.4, 0.5) is 5.69 Å². The van der Waals surface area contributed by atoms with Crippen LogP contribution in [0.15, 0.2) is 40.9 Å². The van der Waals surface area contributed by atoms with Crippen LogP contribution in [0.1, 0.15) is 18.5 Å². The Labute approximate surface area is 136 Å². The van der Waals surface area contributed by atoms with Crippen LogP contribution in [0, 0.1) is 0 Å². The standard InChI is InChI=1S/C14H11BrCl3N/c1-8(11-7-10(16)3-5-12(11)17)19-14-6-9(15)2-4-13(14)18/h2-8,19H,1H3. The van der Waals surface area contributed by atoms with Gasteiger partial charge in [0, 0.05) is 14.5 Å². The van der Waals surface area contributed by atoms with Crippen LogP contribution in [0.5, 0.6) is 0 Å². The van der Waals surface area contributed by atoms with Gasteiger partial charge in [0.05, 0.1) is 16.8 Å². The molecule has 0 saturated carbocycles. The Morgan fingerprint density at radius 2 is 1.68 bits per heavy atom. The van der Waals surface area contributed by atoms with Crippen molar-refractivity contribution in [2.24, 2.45) is 0 Å². The van der Waals surface area contributed by atoms with Crippen molar-refractivity contribution in [3.63, 3.8) is 0 Å². The van der Waals surface area contributed by atoms with Crippen molar-refractivity contribution in [2.75, 3.05) is 5.32 Å². The van der Waals surface area contributed by atoms with Gasteiger partial charge < -0.3 is 5.32 Å². The van der Waals surface area contributed by atoms with E-state index in [1.54, 1.807) is 12.1 Å². The molecule has 0 saturated heterocycles. The molecular weight excluding hydrogens is 368 g/mol. The second kappa shape index (κ2) is 6.36. The average Bonchev–Trinajstić information content (AvgIpc) is 2.36. The minimum absolute atomic E-state index is 0.00185. The summed E-state index contributed by atoms with van der Waals surface area (Å²) in [5, 5.41) is 5.33. The SMILES string of the molecule is CC(Nc1cc(Br)ccc1Cl)c1cc(Cl)ccc1Cl. The normalized spacial score (nSPS) is 12.3. The molecule has 100 valence electrons. The van der Waals surface area contributed by atoms with E-state index in [4.69, 9.17) is 34.8 Å². The van der Waals surface area contributed by atoms with E-state index in [1.165, 1.54) is 0 Å². The van der Waals surface area contributed by atoms with Crippen LogP contribution in [0.25, 0.3) is 0 Å². The van der Waals surface area contributed by atoms with Gasteiger partial charge in [0.15, 0.2) is 0 Å². The average molecular weight is 380 g/mol. The maximum absolute atomic E-state index is 6.19. The molecule has 2 aromatic carbocycles. The number of nitrogens with one attached hydrogen (secondary N) is 1. The van der Waals surface area contributed by atoms with E-state index in [2.05, 4.69) is 21.2 Å². The highest BCUT2D eigenvalue weighted by atomic mass is 79.9. The van der Waals surface area contributed by atoms with Gasteiger partial charge in [0.2, 0.25) is 0 Å². The highest BCUT2D eigenvalue weighted by Gasteiger charge is 2.12. The summed E-state index contributed by atoms with van der Waals surface area (Å²) < 4.78 is 0.962. The first-order valence-electron chi connectivity index (χ1n) is 5.64. The quantitative estimate of drug-likeness (QED) is 0.635. The van der Waals surface area contributed by atoms with E-state index in [-0.39, 0.29) is 6.04 Å². The summed E-state index contributed by atoms with van der Waals surface area (Å²) in [6, 6.07) is 11.1. The molecule has 1 nitrogen and oxygen atoms in total. The van der Waals surface area contributed by atoms with Gasteiger partial charge in [-0.15, -0.1) is 0 Å². The Bertz CT molecular complexity index is 601. The van der Waals surface area contributed by atoms with Gasteiger partial charge in [-0.25, -0.2) is 0 Å². The molecule has 2 rings (SSSR count). The van der Waals surface area contributed by atoms with Crippen LogP contribution < -0.4 is 5.32 Å². The van der Waals surface area contributed by atoms with Crippen LogP contribution in [0.3, 0.4) is 0 Å². The molecule has 0 aliphatic rings. The highest BCUT2D eigenvalue weighted by Crippen LogP contribution is 2.32. The highest BCUT2D eigenvalue weighted by molar-refractivity contribution is 9.10. The van der Waals surface area contributed by atoms with Crippen LogP contribution in [0.2, 0.25) is 15.1 Å². The summed E-state index contributed by atoms with van der Waals surface area (Å²) in [7, 11) is 0. The Morgan fingerprint density at radius 1 is 1.00 bits per heavy atom. The molecule has 2 aromatic rings. The third-order valence-corrected chi connectivity index (χ3v) is 4.13. The van der Waals surface area contributed by atoms with E-state index >= 15 is 0 Å². The molecule has 0 heterocycles. The lowest BCUT2D eigenvalue weighted by molar-refractivity contribution is 0.885. The maximum atomic E-state index is 6.19. The van der Waals surface area contributed by atoms with Crippen molar-refractivity contribution in [1.82, 2.24) is 0 Å². The minimum atomic E-state index is -0.00185. The molecule has 0 aliphatic heterocycles. The molecule has 0 bridgehead atoms.